The molecule has 1 aliphatic rings. The van der Waals surface area contributed by atoms with Gasteiger partial charge < -0.3 is 4.90 Å². The van der Waals surface area contributed by atoms with Gasteiger partial charge in [0.25, 0.3) is 0 Å². The lowest BCUT2D eigenvalue weighted by Crippen LogP contribution is -2.11. The Bertz CT molecular complexity index is 197. The fraction of sp³-hybridized carbons (Fsp3) is 0.400. The Hall–Kier alpha value is -0.820. The van der Waals surface area contributed by atoms with Crippen molar-refractivity contribution >= 4 is 0 Å². The average Bonchev–Trinajstić information content (AvgIpc) is 2.03. The molecule has 0 aromatic rings. The molecule has 11 heavy (non-hydrogen) atoms. The summed E-state index contributed by atoms with van der Waals surface area (Å²) in [5.41, 5.74) is 1.42. The Balaban J connectivity index is 2.41. The van der Waals surface area contributed by atoms with E-state index in [9.17, 15) is 0 Å². The first kappa shape index (κ1) is 8.28. The molecule has 1 aliphatic carbocycles. The smallest absolute Gasteiger partial charge is 0.0162 e. The highest BCUT2D eigenvalue weighted by Crippen LogP contribution is 2.09. The second kappa shape index (κ2) is 4.14. The van der Waals surface area contributed by atoms with E-state index >= 15 is 0 Å². The average molecular weight is 149 g/mol. The molecule has 0 atom stereocenters. The Morgan fingerprint density at radius 1 is 1.45 bits per heavy atom. The van der Waals surface area contributed by atoms with Gasteiger partial charge in [-0.1, -0.05) is 30.4 Å². The standard InChI is InChI=1S/C10H15N/c1-11(2)9-8-10-6-4-3-5-7-10/h3-6,8H,7,9H2,1-2H3. The summed E-state index contributed by atoms with van der Waals surface area (Å²) in [7, 11) is 4.17. The molecule has 1 nitrogen and oxygen atoms in total. The van der Waals surface area contributed by atoms with Crippen LogP contribution in [-0.4, -0.2) is 25.5 Å². The van der Waals surface area contributed by atoms with Gasteiger partial charge in [0.05, 0.1) is 0 Å². The first-order valence-electron chi connectivity index (χ1n) is 3.96. The normalized spacial score (nSPS) is 20.1. The van der Waals surface area contributed by atoms with Crippen LogP contribution in [0.2, 0.25) is 0 Å². The zero-order valence-corrected chi connectivity index (χ0v) is 7.25. The van der Waals surface area contributed by atoms with Crippen LogP contribution in [-0.2, 0) is 0 Å². The molecule has 0 heterocycles. The maximum Gasteiger partial charge on any atom is 0.0162 e. The molecule has 0 aromatic heterocycles. The molecule has 60 valence electrons. The van der Waals surface area contributed by atoms with Crippen LogP contribution in [0.3, 0.4) is 0 Å². The number of nitrogens with zero attached hydrogens (tertiary/aromatic N) is 1. The summed E-state index contributed by atoms with van der Waals surface area (Å²) >= 11 is 0. The van der Waals surface area contributed by atoms with Crippen LogP contribution in [0.5, 0.6) is 0 Å². The molecule has 0 aliphatic heterocycles. The van der Waals surface area contributed by atoms with Crippen molar-refractivity contribution in [3.63, 3.8) is 0 Å². The van der Waals surface area contributed by atoms with Gasteiger partial charge >= 0.3 is 0 Å². The monoisotopic (exact) mass is 149 g/mol. The van der Waals surface area contributed by atoms with Crippen LogP contribution in [0.1, 0.15) is 6.42 Å². The van der Waals surface area contributed by atoms with Gasteiger partial charge in [-0.25, -0.2) is 0 Å². The van der Waals surface area contributed by atoms with Crippen LogP contribution < -0.4 is 0 Å². The van der Waals surface area contributed by atoms with Gasteiger partial charge in [-0.2, -0.15) is 0 Å². The van der Waals surface area contributed by atoms with Crippen LogP contribution in [0.25, 0.3) is 0 Å². The predicted octanol–water partition coefficient (Wildman–Crippen LogP) is 1.99. The third-order valence-electron chi connectivity index (χ3n) is 1.63. The zero-order chi connectivity index (χ0) is 8.10. The van der Waals surface area contributed by atoms with Crippen molar-refractivity contribution in [3.05, 3.63) is 36.0 Å². The quantitative estimate of drug-likeness (QED) is 0.580. The van der Waals surface area contributed by atoms with E-state index in [1.807, 2.05) is 0 Å². The molecule has 0 unspecified atom stereocenters. The number of hydrogen-bond acceptors (Lipinski definition) is 1. The van der Waals surface area contributed by atoms with E-state index in [4.69, 9.17) is 0 Å². The Kier molecular flexibility index (Phi) is 3.12. The molecule has 0 fully saturated rings. The maximum absolute atomic E-state index is 2.26. The van der Waals surface area contributed by atoms with Crippen molar-refractivity contribution in [2.24, 2.45) is 0 Å². The van der Waals surface area contributed by atoms with E-state index in [0.29, 0.717) is 0 Å². The predicted molar refractivity (Wildman–Crippen MR) is 49.5 cm³/mol. The number of allylic oxidation sites excluding steroid dienone is 5. The van der Waals surface area contributed by atoms with E-state index in [1.165, 1.54) is 5.57 Å². The largest absolute Gasteiger partial charge is 0.306 e. The second-order valence-electron chi connectivity index (χ2n) is 3.03. The summed E-state index contributed by atoms with van der Waals surface area (Å²) in [5.74, 6) is 0. The van der Waals surface area contributed by atoms with Gasteiger partial charge in [-0.3, -0.25) is 0 Å². The van der Waals surface area contributed by atoms with Crippen LogP contribution in [0.4, 0.5) is 0 Å². The topological polar surface area (TPSA) is 3.24 Å². The number of likely N-dealkylation sites (N-methyl/N-ethyl adjacent to an activating group) is 1. The van der Waals surface area contributed by atoms with Gasteiger partial charge in [-0.15, -0.1) is 0 Å². The molecule has 0 radical (unpaired) electrons. The fourth-order valence-electron chi connectivity index (χ4n) is 0.981. The fourth-order valence-corrected chi connectivity index (χ4v) is 0.981. The molecule has 0 amide bonds. The van der Waals surface area contributed by atoms with Crippen LogP contribution in [0.15, 0.2) is 36.0 Å². The number of hydrogen-bond donors (Lipinski definition) is 0. The van der Waals surface area contributed by atoms with E-state index in [0.717, 1.165) is 13.0 Å². The van der Waals surface area contributed by atoms with E-state index in [2.05, 4.69) is 49.4 Å². The van der Waals surface area contributed by atoms with Crippen molar-refractivity contribution in [1.82, 2.24) is 4.90 Å². The lowest BCUT2D eigenvalue weighted by molar-refractivity contribution is 0.455. The highest BCUT2D eigenvalue weighted by atomic mass is 15.0. The van der Waals surface area contributed by atoms with Crippen molar-refractivity contribution in [2.75, 3.05) is 20.6 Å². The summed E-state index contributed by atoms with van der Waals surface area (Å²) < 4.78 is 0. The van der Waals surface area contributed by atoms with Crippen molar-refractivity contribution < 1.29 is 0 Å². The Morgan fingerprint density at radius 3 is 2.82 bits per heavy atom. The van der Waals surface area contributed by atoms with Gasteiger partial charge in [0.1, 0.15) is 0 Å². The summed E-state index contributed by atoms with van der Waals surface area (Å²) in [6.07, 6.45) is 11.9. The molecule has 0 spiro atoms. The SMILES string of the molecule is CN(C)CC=C1C=CC=CC1. The molecule has 0 bridgehead atoms. The molecule has 0 N–H and O–H groups in total. The van der Waals surface area contributed by atoms with Crippen LogP contribution >= 0.6 is 0 Å². The van der Waals surface area contributed by atoms with E-state index < -0.39 is 0 Å². The lowest BCUT2D eigenvalue weighted by Gasteiger charge is -2.07. The second-order valence-corrected chi connectivity index (χ2v) is 3.03. The van der Waals surface area contributed by atoms with Crippen LogP contribution in [0, 0.1) is 0 Å². The molecular weight excluding hydrogens is 134 g/mol. The third kappa shape index (κ3) is 3.19. The van der Waals surface area contributed by atoms with Gasteiger partial charge in [0, 0.05) is 6.54 Å². The molecule has 0 saturated heterocycles. The van der Waals surface area contributed by atoms with Crippen molar-refractivity contribution in [2.45, 2.75) is 6.42 Å². The maximum atomic E-state index is 2.26. The number of rotatable bonds is 2. The summed E-state index contributed by atoms with van der Waals surface area (Å²) in [6.45, 7) is 1.04. The summed E-state index contributed by atoms with van der Waals surface area (Å²) in [5, 5.41) is 0. The molecule has 0 saturated carbocycles. The van der Waals surface area contributed by atoms with E-state index in [1.54, 1.807) is 0 Å². The van der Waals surface area contributed by atoms with Gasteiger partial charge in [0.15, 0.2) is 0 Å². The Morgan fingerprint density at radius 2 is 2.27 bits per heavy atom. The molecular formula is C10H15N. The summed E-state index contributed by atoms with van der Waals surface area (Å²) in [6, 6.07) is 0. The third-order valence-corrected chi connectivity index (χ3v) is 1.63. The van der Waals surface area contributed by atoms with E-state index in [-0.39, 0.29) is 0 Å². The highest BCUT2D eigenvalue weighted by molar-refractivity contribution is 5.29. The van der Waals surface area contributed by atoms with Gasteiger partial charge in [0.2, 0.25) is 0 Å². The Labute approximate surface area is 68.7 Å². The van der Waals surface area contributed by atoms with Gasteiger partial charge in [-0.05, 0) is 26.1 Å². The minimum absolute atomic E-state index is 1.04. The van der Waals surface area contributed by atoms with Crippen molar-refractivity contribution in [1.29, 1.82) is 0 Å². The lowest BCUT2D eigenvalue weighted by atomic mass is 10.1. The molecule has 0 aromatic carbocycles. The molecule has 1 rings (SSSR count). The molecule has 1 heteroatoms. The minimum atomic E-state index is 1.04. The summed E-state index contributed by atoms with van der Waals surface area (Å²) in [4.78, 5) is 2.17. The first-order chi connectivity index (χ1) is 5.29. The minimum Gasteiger partial charge on any atom is -0.306 e. The zero-order valence-electron chi connectivity index (χ0n) is 7.25. The highest BCUT2D eigenvalue weighted by Gasteiger charge is 1.92. The van der Waals surface area contributed by atoms with Crippen molar-refractivity contribution in [3.8, 4) is 0 Å². The first-order valence-corrected chi connectivity index (χ1v) is 3.96.